The Morgan fingerprint density at radius 3 is 2.42 bits per heavy atom. The Balaban J connectivity index is 2.22. The zero-order chi connectivity index (χ0) is 19.3. The van der Waals surface area contributed by atoms with Crippen LogP contribution in [0, 0.1) is 6.92 Å². The van der Waals surface area contributed by atoms with Gasteiger partial charge in [0.15, 0.2) is 5.78 Å². The number of rotatable bonds is 6. The summed E-state index contributed by atoms with van der Waals surface area (Å²) in [6, 6.07) is 12.1. The summed E-state index contributed by atoms with van der Waals surface area (Å²) >= 11 is 0. The summed E-state index contributed by atoms with van der Waals surface area (Å²) in [6.45, 7) is 4.59. The second-order valence-electron chi connectivity index (χ2n) is 5.97. The average molecular weight is 354 g/mol. The fraction of sp³-hybridized carbons (Fsp3) is 0.250. The van der Waals surface area contributed by atoms with Crippen LogP contribution in [0.5, 0.6) is 5.75 Å². The smallest absolute Gasteiger partial charge is 0.244 e. The van der Waals surface area contributed by atoms with Crippen LogP contribution in [0.15, 0.2) is 42.5 Å². The van der Waals surface area contributed by atoms with Crippen LogP contribution in [0.2, 0.25) is 0 Å². The van der Waals surface area contributed by atoms with Crippen molar-refractivity contribution in [3.05, 3.63) is 53.6 Å². The first-order valence-electron chi connectivity index (χ1n) is 8.15. The lowest BCUT2D eigenvalue weighted by Gasteiger charge is -2.23. The van der Waals surface area contributed by atoms with Gasteiger partial charge < -0.3 is 10.1 Å². The highest BCUT2D eigenvalue weighted by atomic mass is 16.5. The molecule has 2 aromatic carbocycles. The molecule has 0 aliphatic carbocycles. The molecular weight excluding hydrogens is 332 g/mol. The molecule has 0 atom stereocenters. The van der Waals surface area contributed by atoms with Gasteiger partial charge in [-0.2, -0.15) is 0 Å². The number of methoxy groups -OCH3 is 1. The Morgan fingerprint density at radius 2 is 1.81 bits per heavy atom. The Hall–Kier alpha value is -3.15. The first-order chi connectivity index (χ1) is 12.3. The minimum atomic E-state index is -0.371. The minimum absolute atomic E-state index is 0.0871. The molecule has 0 saturated heterocycles. The minimum Gasteiger partial charge on any atom is -0.495 e. The summed E-state index contributed by atoms with van der Waals surface area (Å²) < 4.78 is 5.31. The third-order valence-electron chi connectivity index (χ3n) is 3.86. The number of nitrogens with one attached hydrogen (secondary N) is 1. The van der Waals surface area contributed by atoms with Gasteiger partial charge in [-0.05, 0) is 43.7 Å². The van der Waals surface area contributed by atoms with Crippen molar-refractivity contribution in [3.63, 3.8) is 0 Å². The Bertz CT molecular complexity index is 845. The fourth-order valence-electron chi connectivity index (χ4n) is 2.54. The number of carbonyl (C=O) groups is 3. The lowest BCUT2D eigenvalue weighted by molar-refractivity contribution is -0.120. The Labute approximate surface area is 152 Å². The zero-order valence-corrected chi connectivity index (χ0v) is 15.3. The van der Waals surface area contributed by atoms with E-state index in [1.165, 1.54) is 25.9 Å². The van der Waals surface area contributed by atoms with E-state index >= 15 is 0 Å². The van der Waals surface area contributed by atoms with Crippen LogP contribution < -0.4 is 15.0 Å². The van der Waals surface area contributed by atoms with Gasteiger partial charge in [-0.15, -0.1) is 0 Å². The maximum absolute atomic E-state index is 12.4. The first-order valence-corrected chi connectivity index (χ1v) is 8.15. The number of benzene rings is 2. The first kappa shape index (κ1) is 19.2. The predicted molar refractivity (Wildman–Crippen MR) is 101 cm³/mol. The molecule has 26 heavy (non-hydrogen) atoms. The second-order valence-corrected chi connectivity index (χ2v) is 5.97. The third kappa shape index (κ3) is 4.69. The number of hydrogen-bond acceptors (Lipinski definition) is 4. The molecule has 0 spiro atoms. The standard InChI is InChI=1S/C20H22N2O4/c1-13-8-9-19(26-4)18(10-13)22(15(3)24)12-20(25)21-17-7-5-6-16(11-17)14(2)23/h5-11H,12H2,1-4H3,(H,21,25). The van der Waals surface area contributed by atoms with Crippen LogP contribution in [-0.4, -0.2) is 31.3 Å². The number of amides is 2. The molecule has 0 aromatic heterocycles. The van der Waals surface area contributed by atoms with E-state index in [2.05, 4.69) is 5.32 Å². The van der Waals surface area contributed by atoms with E-state index in [1.807, 2.05) is 13.0 Å². The van der Waals surface area contributed by atoms with E-state index < -0.39 is 0 Å². The highest BCUT2D eigenvalue weighted by Gasteiger charge is 2.20. The molecule has 0 unspecified atom stereocenters. The van der Waals surface area contributed by atoms with Gasteiger partial charge in [-0.1, -0.05) is 18.2 Å². The number of nitrogens with zero attached hydrogens (tertiary/aromatic N) is 1. The molecule has 2 amide bonds. The average Bonchev–Trinajstić information content (AvgIpc) is 2.59. The Kier molecular flexibility index (Phi) is 6.11. The van der Waals surface area contributed by atoms with Gasteiger partial charge in [0.1, 0.15) is 12.3 Å². The van der Waals surface area contributed by atoms with Crippen molar-refractivity contribution in [1.82, 2.24) is 0 Å². The van der Waals surface area contributed by atoms with Gasteiger partial charge in [0.2, 0.25) is 11.8 Å². The van der Waals surface area contributed by atoms with Crippen molar-refractivity contribution < 1.29 is 19.1 Å². The van der Waals surface area contributed by atoms with Gasteiger partial charge in [0.25, 0.3) is 0 Å². The number of ketones is 1. The molecule has 0 radical (unpaired) electrons. The van der Waals surface area contributed by atoms with Crippen LogP contribution in [0.3, 0.4) is 0 Å². The van der Waals surface area contributed by atoms with E-state index in [9.17, 15) is 14.4 Å². The molecule has 2 aromatic rings. The lowest BCUT2D eigenvalue weighted by atomic mass is 10.1. The highest BCUT2D eigenvalue weighted by molar-refractivity contribution is 6.03. The van der Waals surface area contributed by atoms with Crippen LogP contribution >= 0.6 is 0 Å². The molecule has 6 nitrogen and oxygen atoms in total. The van der Waals surface area contributed by atoms with Crippen molar-refractivity contribution in [3.8, 4) is 5.75 Å². The zero-order valence-electron chi connectivity index (χ0n) is 15.3. The van der Waals surface area contributed by atoms with Crippen LogP contribution in [0.25, 0.3) is 0 Å². The van der Waals surface area contributed by atoms with Gasteiger partial charge in [-0.3, -0.25) is 19.3 Å². The predicted octanol–water partition coefficient (Wildman–Crippen LogP) is 3.20. The van der Waals surface area contributed by atoms with E-state index in [4.69, 9.17) is 4.74 Å². The van der Waals surface area contributed by atoms with Gasteiger partial charge in [0, 0.05) is 18.2 Å². The fourth-order valence-corrected chi connectivity index (χ4v) is 2.54. The lowest BCUT2D eigenvalue weighted by Crippen LogP contribution is -2.37. The number of carbonyl (C=O) groups excluding carboxylic acids is 3. The summed E-state index contributed by atoms with van der Waals surface area (Å²) in [5.74, 6) is -0.223. The van der Waals surface area contributed by atoms with Crippen molar-refractivity contribution in [2.24, 2.45) is 0 Å². The monoisotopic (exact) mass is 354 g/mol. The highest BCUT2D eigenvalue weighted by Crippen LogP contribution is 2.29. The quantitative estimate of drug-likeness (QED) is 0.808. The molecule has 2 rings (SSSR count). The topological polar surface area (TPSA) is 75.7 Å². The number of hydrogen-bond donors (Lipinski definition) is 1. The molecule has 0 fully saturated rings. The molecule has 0 aliphatic rings. The van der Waals surface area contributed by atoms with E-state index in [-0.39, 0.29) is 24.1 Å². The van der Waals surface area contributed by atoms with Crippen molar-refractivity contribution in [1.29, 1.82) is 0 Å². The van der Waals surface area contributed by atoms with Crippen molar-refractivity contribution >= 4 is 29.0 Å². The molecule has 6 heteroatoms. The molecule has 0 aliphatic heterocycles. The van der Waals surface area contributed by atoms with Crippen LogP contribution in [-0.2, 0) is 9.59 Å². The molecular formula is C20H22N2O4. The van der Waals surface area contributed by atoms with E-state index in [0.717, 1.165) is 5.56 Å². The SMILES string of the molecule is COc1ccc(C)cc1N(CC(=O)Nc1cccc(C(C)=O)c1)C(C)=O. The Morgan fingerprint density at radius 1 is 1.08 bits per heavy atom. The number of ether oxygens (including phenoxy) is 1. The van der Waals surface area contributed by atoms with E-state index in [1.54, 1.807) is 36.4 Å². The van der Waals surface area contributed by atoms with Crippen LogP contribution in [0.1, 0.15) is 29.8 Å². The summed E-state index contributed by atoms with van der Waals surface area (Å²) in [6.07, 6.45) is 0. The molecule has 0 heterocycles. The maximum Gasteiger partial charge on any atom is 0.244 e. The van der Waals surface area contributed by atoms with E-state index in [0.29, 0.717) is 22.7 Å². The number of Topliss-reactive ketones (excluding diaryl/α,β-unsaturated/α-hetero) is 1. The summed E-state index contributed by atoms with van der Waals surface area (Å²) in [7, 11) is 1.51. The van der Waals surface area contributed by atoms with Crippen molar-refractivity contribution in [2.45, 2.75) is 20.8 Å². The van der Waals surface area contributed by atoms with Gasteiger partial charge in [0.05, 0.1) is 12.8 Å². The largest absolute Gasteiger partial charge is 0.495 e. The molecule has 136 valence electrons. The van der Waals surface area contributed by atoms with Crippen LogP contribution in [0.4, 0.5) is 11.4 Å². The maximum atomic E-state index is 12.4. The molecule has 1 N–H and O–H groups in total. The number of aryl methyl sites for hydroxylation is 1. The van der Waals surface area contributed by atoms with Gasteiger partial charge >= 0.3 is 0 Å². The van der Waals surface area contributed by atoms with Gasteiger partial charge in [-0.25, -0.2) is 0 Å². The normalized spacial score (nSPS) is 10.2. The summed E-state index contributed by atoms with van der Waals surface area (Å²) in [4.78, 5) is 37.4. The van der Waals surface area contributed by atoms with Crippen molar-refractivity contribution in [2.75, 3.05) is 23.9 Å². The second kappa shape index (κ2) is 8.29. The summed E-state index contributed by atoms with van der Waals surface area (Å²) in [5, 5.41) is 2.72. The molecule has 0 bridgehead atoms. The molecule has 0 saturated carbocycles. The number of anilines is 2. The summed E-state index contributed by atoms with van der Waals surface area (Å²) in [5.41, 5.74) is 2.49. The third-order valence-corrected chi connectivity index (χ3v) is 3.86.